The Morgan fingerprint density at radius 1 is 1.07 bits per heavy atom. The Balaban J connectivity index is 1.80. The summed E-state index contributed by atoms with van der Waals surface area (Å²) in [6.07, 6.45) is 1.55. The summed E-state index contributed by atoms with van der Waals surface area (Å²) in [4.78, 5) is 25.5. The second-order valence-corrected chi connectivity index (χ2v) is 6.43. The number of anilines is 1. The predicted octanol–water partition coefficient (Wildman–Crippen LogP) is 2.77. The summed E-state index contributed by atoms with van der Waals surface area (Å²) >= 11 is 0. The molecule has 2 heterocycles. The first-order valence-corrected chi connectivity index (χ1v) is 9.00. The summed E-state index contributed by atoms with van der Waals surface area (Å²) in [5.74, 6) is -0.339. The number of nitrogens with one attached hydrogen (secondary N) is 1. The summed E-state index contributed by atoms with van der Waals surface area (Å²) in [5, 5.41) is 10.7. The van der Waals surface area contributed by atoms with E-state index in [9.17, 15) is 14.0 Å². The van der Waals surface area contributed by atoms with E-state index >= 15 is 0 Å². The van der Waals surface area contributed by atoms with Crippen LogP contribution >= 0.6 is 0 Å². The number of aromatic nitrogens is 4. The molecule has 7 nitrogen and oxygen atoms in total. The summed E-state index contributed by atoms with van der Waals surface area (Å²) in [7, 11) is 0. The molecule has 1 amide bonds. The number of para-hydroxylation sites is 3. The second-order valence-electron chi connectivity index (χ2n) is 6.43. The van der Waals surface area contributed by atoms with E-state index in [0.717, 1.165) is 11.9 Å². The van der Waals surface area contributed by atoms with Gasteiger partial charge in [-0.3, -0.25) is 18.6 Å². The quantitative estimate of drug-likeness (QED) is 0.578. The first-order chi connectivity index (χ1) is 13.6. The molecule has 0 aliphatic rings. The fourth-order valence-electron chi connectivity index (χ4n) is 3.26. The Labute approximate surface area is 159 Å². The Morgan fingerprint density at radius 3 is 2.54 bits per heavy atom. The van der Waals surface area contributed by atoms with Crippen LogP contribution in [0.5, 0.6) is 0 Å². The van der Waals surface area contributed by atoms with Gasteiger partial charge in [0.15, 0.2) is 0 Å². The number of hydrogen-bond acceptors (Lipinski definition) is 4. The Bertz CT molecular complexity index is 1240. The molecule has 0 spiro atoms. The number of carbonyl (C=O) groups is 1. The van der Waals surface area contributed by atoms with Crippen LogP contribution in [0.2, 0.25) is 0 Å². The number of rotatable bonds is 5. The molecule has 0 saturated heterocycles. The molecular weight excluding hydrogens is 361 g/mol. The van der Waals surface area contributed by atoms with Gasteiger partial charge in [-0.1, -0.05) is 31.2 Å². The molecule has 4 aromatic rings. The summed E-state index contributed by atoms with van der Waals surface area (Å²) in [5.41, 5.74) is 1.14. The van der Waals surface area contributed by atoms with Crippen LogP contribution in [0, 0.1) is 5.82 Å². The van der Waals surface area contributed by atoms with Crippen LogP contribution in [0.4, 0.5) is 10.1 Å². The lowest BCUT2D eigenvalue weighted by Crippen LogP contribution is -2.29. The van der Waals surface area contributed by atoms with Gasteiger partial charge in [0, 0.05) is 6.42 Å². The monoisotopic (exact) mass is 379 g/mol. The summed E-state index contributed by atoms with van der Waals surface area (Å²) in [6, 6.07) is 13.2. The van der Waals surface area contributed by atoms with Crippen molar-refractivity contribution in [3.8, 4) is 0 Å². The molecule has 0 bridgehead atoms. The predicted molar refractivity (Wildman–Crippen MR) is 104 cm³/mol. The largest absolute Gasteiger partial charge is 0.322 e. The molecule has 0 aliphatic carbocycles. The molecule has 0 aliphatic heterocycles. The number of carbonyl (C=O) groups excluding carboxylic acids is 1. The zero-order valence-corrected chi connectivity index (χ0v) is 15.2. The fraction of sp³-hybridized carbons (Fsp3) is 0.200. The molecule has 1 N–H and O–H groups in total. The highest BCUT2D eigenvalue weighted by Gasteiger charge is 2.18. The number of nitrogens with zero attached hydrogens (tertiary/aromatic N) is 4. The van der Waals surface area contributed by atoms with E-state index in [1.54, 1.807) is 22.6 Å². The minimum absolute atomic E-state index is 0.0682. The molecule has 4 rings (SSSR count). The Hall–Kier alpha value is -3.55. The van der Waals surface area contributed by atoms with E-state index in [2.05, 4.69) is 15.5 Å². The topological polar surface area (TPSA) is 81.3 Å². The van der Waals surface area contributed by atoms with E-state index in [1.165, 1.54) is 22.8 Å². The van der Waals surface area contributed by atoms with Crippen molar-refractivity contribution >= 4 is 28.3 Å². The zero-order chi connectivity index (χ0) is 19.7. The third-order valence-electron chi connectivity index (χ3n) is 4.50. The summed E-state index contributed by atoms with van der Waals surface area (Å²) < 4.78 is 16.9. The van der Waals surface area contributed by atoms with Crippen molar-refractivity contribution in [2.24, 2.45) is 0 Å². The molecule has 0 saturated carbocycles. The first kappa shape index (κ1) is 17.8. The van der Waals surface area contributed by atoms with Crippen LogP contribution < -0.4 is 10.9 Å². The third kappa shape index (κ3) is 3.02. The molecule has 142 valence electrons. The van der Waals surface area contributed by atoms with Crippen molar-refractivity contribution in [2.45, 2.75) is 26.3 Å². The van der Waals surface area contributed by atoms with E-state index in [4.69, 9.17) is 0 Å². The number of aryl methyl sites for hydroxylation is 1. The number of amides is 1. The van der Waals surface area contributed by atoms with Crippen molar-refractivity contribution in [1.29, 1.82) is 0 Å². The van der Waals surface area contributed by atoms with Gasteiger partial charge >= 0.3 is 0 Å². The van der Waals surface area contributed by atoms with Crippen LogP contribution in [-0.4, -0.2) is 25.1 Å². The molecule has 28 heavy (non-hydrogen) atoms. The highest BCUT2D eigenvalue weighted by Crippen LogP contribution is 2.17. The fourth-order valence-corrected chi connectivity index (χ4v) is 3.26. The zero-order valence-electron chi connectivity index (χ0n) is 15.2. The van der Waals surface area contributed by atoms with E-state index < -0.39 is 17.3 Å². The number of halogens is 1. The third-order valence-corrected chi connectivity index (χ3v) is 4.50. The highest BCUT2D eigenvalue weighted by molar-refractivity contribution is 5.92. The molecule has 0 atom stereocenters. The van der Waals surface area contributed by atoms with Crippen LogP contribution in [-0.2, 0) is 17.8 Å². The van der Waals surface area contributed by atoms with Crippen molar-refractivity contribution < 1.29 is 9.18 Å². The van der Waals surface area contributed by atoms with Crippen LogP contribution in [0.25, 0.3) is 16.7 Å². The highest BCUT2D eigenvalue weighted by atomic mass is 19.1. The van der Waals surface area contributed by atoms with Gasteiger partial charge in [-0.15, -0.1) is 10.2 Å². The molecular formula is C20H18FN5O2. The van der Waals surface area contributed by atoms with Crippen molar-refractivity contribution in [2.75, 3.05) is 5.32 Å². The number of hydrogen-bond donors (Lipinski definition) is 1. The van der Waals surface area contributed by atoms with Gasteiger partial charge in [-0.05, 0) is 30.7 Å². The molecule has 2 aromatic heterocycles. The number of benzene rings is 2. The average molecular weight is 379 g/mol. The van der Waals surface area contributed by atoms with E-state index in [-0.39, 0.29) is 17.9 Å². The number of fused-ring (bicyclic) bond motifs is 3. The lowest BCUT2D eigenvalue weighted by atomic mass is 10.2. The van der Waals surface area contributed by atoms with Crippen molar-refractivity contribution in [1.82, 2.24) is 19.2 Å². The molecule has 8 heteroatoms. The van der Waals surface area contributed by atoms with Crippen molar-refractivity contribution in [3.63, 3.8) is 0 Å². The maximum absolute atomic E-state index is 13.8. The average Bonchev–Trinajstić information content (AvgIpc) is 3.11. The Kier molecular flexibility index (Phi) is 4.60. The van der Waals surface area contributed by atoms with Gasteiger partial charge < -0.3 is 5.32 Å². The van der Waals surface area contributed by atoms with Gasteiger partial charge in [-0.2, -0.15) is 0 Å². The van der Waals surface area contributed by atoms with Gasteiger partial charge in [-0.25, -0.2) is 4.39 Å². The SMILES string of the molecule is CCCc1nnc2c(=O)n(CC(=O)Nc3ccccc3F)c3ccccc3n12. The molecule has 2 aromatic carbocycles. The molecule has 0 fully saturated rings. The molecule has 0 unspecified atom stereocenters. The van der Waals surface area contributed by atoms with E-state index in [0.29, 0.717) is 17.8 Å². The lowest BCUT2D eigenvalue weighted by Gasteiger charge is -2.13. The molecule has 0 radical (unpaired) electrons. The minimum atomic E-state index is -0.537. The van der Waals surface area contributed by atoms with E-state index in [1.807, 2.05) is 19.1 Å². The van der Waals surface area contributed by atoms with Gasteiger partial charge in [0.1, 0.15) is 18.2 Å². The smallest absolute Gasteiger partial charge is 0.297 e. The maximum atomic E-state index is 13.8. The van der Waals surface area contributed by atoms with Gasteiger partial charge in [0.25, 0.3) is 5.56 Å². The maximum Gasteiger partial charge on any atom is 0.297 e. The van der Waals surface area contributed by atoms with Crippen LogP contribution in [0.15, 0.2) is 53.3 Å². The summed E-state index contributed by atoms with van der Waals surface area (Å²) in [6.45, 7) is 1.76. The van der Waals surface area contributed by atoms with Gasteiger partial charge in [0.2, 0.25) is 11.6 Å². The Morgan fingerprint density at radius 2 is 1.79 bits per heavy atom. The lowest BCUT2D eigenvalue weighted by molar-refractivity contribution is -0.116. The van der Waals surface area contributed by atoms with Crippen LogP contribution in [0.1, 0.15) is 19.2 Å². The normalized spacial score (nSPS) is 11.2. The van der Waals surface area contributed by atoms with Crippen LogP contribution in [0.3, 0.4) is 0 Å². The standard InChI is InChI=1S/C20H18FN5O2/c1-2-7-17-23-24-19-20(28)25(15-10-5-6-11-16(15)26(17)19)12-18(27)22-14-9-4-3-8-13(14)21/h3-6,8-11H,2,7,12H2,1H3,(H,22,27). The second kappa shape index (κ2) is 7.22. The van der Waals surface area contributed by atoms with Gasteiger partial charge in [0.05, 0.1) is 16.7 Å². The minimum Gasteiger partial charge on any atom is -0.322 e. The first-order valence-electron chi connectivity index (χ1n) is 9.00. The van der Waals surface area contributed by atoms with Crippen molar-refractivity contribution in [3.05, 3.63) is 70.5 Å².